The van der Waals surface area contributed by atoms with Crippen LogP contribution in [0.5, 0.6) is 0 Å². The Hall–Kier alpha value is -0.0800. The van der Waals surface area contributed by atoms with E-state index in [2.05, 4.69) is 7.05 Å². The minimum absolute atomic E-state index is 0.831. The molecule has 3 atom stereocenters. The van der Waals surface area contributed by atoms with E-state index in [4.69, 9.17) is 4.74 Å². The quantitative estimate of drug-likeness (QED) is 0.409. The van der Waals surface area contributed by atoms with E-state index in [0.717, 1.165) is 25.0 Å². The summed E-state index contributed by atoms with van der Waals surface area (Å²) in [6.07, 6.45) is 0. The molecule has 2 nitrogen and oxygen atoms in total. The molecule has 2 aliphatic rings. The van der Waals surface area contributed by atoms with E-state index in [1.54, 1.807) is 0 Å². The van der Waals surface area contributed by atoms with Crippen molar-refractivity contribution < 1.29 is 9.64 Å². The molecule has 2 fully saturated rings. The van der Waals surface area contributed by atoms with Crippen LogP contribution in [0.2, 0.25) is 0 Å². The van der Waals surface area contributed by atoms with Gasteiger partial charge in [0.25, 0.3) is 0 Å². The summed E-state index contributed by atoms with van der Waals surface area (Å²) in [7, 11) is 3.98. The van der Waals surface area contributed by atoms with Crippen molar-refractivity contribution in [1.82, 2.24) is 0 Å². The van der Waals surface area contributed by atoms with Crippen molar-refractivity contribution in [2.75, 3.05) is 26.3 Å². The van der Waals surface area contributed by atoms with Crippen molar-refractivity contribution >= 4 is 0 Å². The van der Waals surface area contributed by atoms with Crippen LogP contribution in [0.1, 0.15) is 0 Å². The van der Waals surface area contributed by atoms with E-state index in [-0.39, 0.29) is 0 Å². The van der Waals surface area contributed by atoms with Gasteiger partial charge in [0.1, 0.15) is 0 Å². The van der Waals surface area contributed by atoms with E-state index >= 15 is 0 Å². The predicted molar refractivity (Wildman–Crippen MR) is 33.9 cm³/mol. The molecule has 0 saturated carbocycles. The lowest BCUT2D eigenvalue weighted by Gasteiger charge is -2.13. The maximum atomic E-state index is 5.32. The number of ether oxygens (including phenoxy) is 1. The Morgan fingerprint density at radius 3 is 2.33 bits per heavy atom. The second-order valence-corrected chi connectivity index (χ2v) is 3.22. The topological polar surface area (TPSA) is 13.7 Å². The fraction of sp³-hybridized carbons (Fsp3) is 0.857. The fourth-order valence-corrected chi connectivity index (χ4v) is 1.92. The van der Waals surface area contributed by atoms with Crippen LogP contribution in [0, 0.1) is 18.9 Å². The zero-order valence-electron chi connectivity index (χ0n) is 5.60. The predicted octanol–water partition coefficient (Wildman–Crippen LogP) is -1.06. The molecule has 2 saturated heterocycles. The zero-order valence-corrected chi connectivity index (χ0v) is 5.60. The number of hydrogen-bond acceptors (Lipinski definition) is 1. The first-order valence-corrected chi connectivity index (χ1v) is 3.60. The summed E-state index contributed by atoms with van der Waals surface area (Å²) >= 11 is 0. The van der Waals surface area contributed by atoms with Gasteiger partial charge in [0.2, 0.25) is 0 Å². The molecule has 1 unspecified atom stereocenters. The first-order chi connectivity index (χ1) is 4.36. The summed E-state index contributed by atoms with van der Waals surface area (Å²) in [5.41, 5.74) is 0. The summed E-state index contributed by atoms with van der Waals surface area (Å²) in [5, 5.41) is 0. The Morgan fingerprint density at radius 2 is 1.78 bits per heavy atom. The van der Waals surface area contributed by atoms with Gasteiger partial charge in [-0.2, -0.15) is 7.05 Å². The monoisotopic (exact) mass is 127 g/mol. The zero-order chi connectivity index (χ0) is 6.27. The lowest BCUT2D eigenvalue weighted by atomic mass is 10.0. The standard InChI is InChI=1S/C7H13NO/c1-8-2-6-4-9-5-7(6)3-8/h6-8H,1-5H2/t6-,7+. The van der Waals surface area contributed by atoms with Gasteiger partial charge >= 0.3 is 0 Å². The fourth-order valence-electron chi connectivity index (χ4n) is 1.92. The average Bonchev–Trinajstić information content (AvgIpc) is 2.22. The molecule has 0 spiro atoms. The second-order valence-electron chi connectivity index (χ2n) is 3.22. The van der Waals surface area contributed by atoms with Crippen molar-refractivity contribution in [3.8, 4) is 0 Å². The Kier molecular flexibility index (Phi) is 1.24. The van der Waals surface area contributed by atoms with Gasteiger partial charge in [0.15, 0.2) is 0 Å². The average molecular weight is 127 g/mol. The third-order valence-electron chi connectivity index (χ3n) is 2.43. The van der Waals surface area contributed by atoms with Gasteiger partial charge in [-0.15, -0.1) is 0 Å². The maximum absolute atomic E-state index is 5.32. The van der Waals surface area contributed by atoms with E-state index in [0.29, 0.717) is 0 Å². The minimum atomic E-state index is 0.831. The molecule has 2 heteroatoms. The van der Waals surface area contributed by atoms with Crippen LogP contribution in [0.25, 0.3) is 0 Å². The van der Waals surface area contributed by atoms with Gasteiger partial charge < -0.3 is 9.64 Å². The Morgan fingerprint density at radius 1 is 1.22 bits per heavy atom. The van der Waals surface area contributed by atoms with Crippen molar-refractivity contribution in [3.63, 3.8) is 0 Å². The molecular weight excluding hydrogens is 114 g/mol. The molecule has 2 rings (SSSR count). The third kappa shape index (κ3) is 0.864. The van der Waals surface area contributed by atoms with Crippen molar-refractivity contribution in [2.24, 2.45) is 11.8 Å². The molecule has 2 aliphatic heterocycles. The van der Waals surface area contributed by atoms with Crippen LogP contribution in [-0.2, 0) is 4.74 Å². The maximum Gasteiger partial charge on any atom is 0.0587 e. The normalized spacial score (nSPS) is 49.7. The van der Waals surface area contributed by atoms with Gasteiger partial charge in [-0.3, -0.25) is 0 Å². The van der Waals surface area contributed by atoms with Gasteiger partial charge in [0.05, 0.1) is 26.3 Å². The Bertz CT molecular complexity index is 103. The van der Waals surface area contributed by atoms with E-state index in [9.17, 15) is 0 Å². The lowest BCUT2D eigenvalue weighted by molar-refractivity contribution is -0.843. The number of hydrogen-bond donors (Lipinski definition) is 1. The highest BCUT2D eigenvalue weighted by Gasteiger charge is 2.36. The molecule has 0 radical (unpaired) electrons. The van der Waals surface area contributed by atoms with Crippen molar-refractivity contribution in [3.05, 3.63) is 7.05 Å². The molecule has 0 aromatic carbocycles. The van der Waals surface area contributed by atoms with E-state index < -0.39 is 0 Å². The smallest absolute Gasteiger partial charge is 0.0587 e. The highest BCUT2D eigenvalue weighted by Crippen LogP contribution is 2.20. The summed E-state index contributed by atoms with van der Waals surface area (Å²) in [6, 6.07) is 0. The number of nitrogens with one attached hydrogen (secondary N) is 1. The Labute approximate surface area is 55.8 Å². The highest BCUT2D eigenvalue weighted by atomic mass is 16.5. The second kappa shape index (κ2) is 1.96. The highest BCUT2D eigenvalue weighted by molar-refractivity contribution is 4.77. The molecule has 9 heavy (non-hydrogen) atoms. The van der Waals surface area contributed by atoms with Crippen molar-refractivity contribution in [1.29, 1.82) is 0 Å². The molecule has 0 aromatic rings. The van der Waals surface area contributed by atoms with Crippen LogP contribution in [0.3, 0.4) is 0 Å². The lowest BCUT2D eigenvalue weighted by Crippen LogP contribution is -3.05. The molecule has 2 heterocycles. The number of fused-ring (bicyclic) bond motifs is 1. The first-order valence-electron chi connectivity index (χ1n) is 3.60. The Balaban J connectivity index is 2.02. The summed E-state index contributed by atoms with van der Waals surface area (Å²) in [5.74, 6) is 1.66. The van der Waals surface area contributed by atoms with Crippen LogP contribution in [-0.4, -0.2) is 26.3 Å². The molecule has 52 valence electrons. The van der Waals surface area contributed by atoms with E-state index in [1.165, 1.54) is 18.0 Å². The summed E-state index contributed by atoms with van der Waals surface area (Å²) in [6.45, 7) is 4.43. The van der Waals surface area contributed by atoms with Gasteiger partial charge in [0, 0.05) is 11.8 Å². The van der Waals surface area contributed by atoms with Gasteiger partial charge in [-0.05, 0) is 0 Å². The van der Waals surface area contributed by atoms with Crippen LogP contribution >= 0.6 is 0 Å². The third-order valence-corrected chi connectivity index (χ3v) is 2.43. The number of rotatable bonds is 0. The molecule has 0 amide bonds. The van der Waals surface area contributed by atoms with Crippen LogP contribution in [0.4, 0.5) is 0 Å². The summed E-state index contributed by atoms with van der Waals surface area (Å²) in [4.78, 5) is 1.44. The number of quaternary nitrogens is 1. The van der Waals surface area contributed by atoms with Crippen LogP contribution in [0.15, 0.2) is 0 Å². The molecule has 0 aromatic heterocycles. The molecule has 0 bridgehead atoms. The molecule has 0 aliphatic carbocycles. The number of likely N-dealkylation sites (tertiary alicyclic amines) is 1. The largest absolute Gasteiger partial charge is 0.467 e. The van der Waals surface area contributed by atoms with Gasteiger partial charge in [-0.1, -0.05) is 0 Å². The molecular formula is C7H13NO. The van der Waals surface area contributed by atoms with Gasteiger partial charge in [-0.25, -0.2) is 0 Å². The molecule has 1 N–H and O–H groups in total. The first kappa shape index (κ1) is 5.69. The summed E-state index contributed by atoms with van der Waals surface area (Å²) < 4.78 is 5.32. The van der Waals surface area contributed by atoms with Crippen molar-refractivity contribution in [2.45, 2.75) is 0 Å². The van der Waals surface area contributed by atoms with E-state index in [1.807, 2.05) is 0 Å². The SMILES string of the molecule is [CH2-][NH+]1C[C@H]2COC[C@H]2C1. The van der Waals surface area contributed by atoms with Crippen LogP contribution < -0.4 is 4.90 Å². The minimum Gasteiger partial charge on any atom is -0.467 e.